The molecule has 20 heavy (non-hydrogen) atoms. The Hall–Kier alpha value is -1.44. The summed E-state index contributed by atoms with van der Waals surface area (Å²) in [5.74, 6) is -0.309. The Labute approximate surface area is 118 Å². The van der Waals surface area contributed by atoms with E-state index >= 15 is 0 Å². The average molecular weight is 298 g/mol. The van der Waals surface area contributed by atoms with Crippen LogP contribution in [0.3, 0.4) is 0 Å². The minimum Gasteiger partial charge on any atom is -0.372 e. The number of benzene rings is 1. The largest absolute Gasteiger partial charge is 0.372 e. The van der Waals surface area contributed by atoms with E-state index in [-0.39, 0.29) is 23.5 Å². The number of amides is 1. The fourth-order valence-electron chi connectivity index (χ4n) is 1.62. The molecule has 1 fully saturated rings. The number of hydrogen-bond donors (Lipinski definition) is 2. The topological polar surface area (TPSA) is 84.5 Å². The van der Waals surface area contributed by atoms with Crippen LogP contribution in [0.4, 0.5) is 5.69 Å². The Morgan fingerprint density at radius 2 is 2.15 bits per heavy atom. The second-order valence-corrected chi connectivity index (χ2v) is 6.32. The summed E-state index contributed by atoms with van der Waals surface area (Å²) in [6.07, 6.45) is 1.76. The van der Waals surface area contributed by atoms with Crippen molar-refractivity contribution in [3.63, 3.8) is 0 Å². The third-order valence-corrected chi connectivity index (χ3v) is 4.28. The first-order valence-electron chi connectivity index (χ1n) is 6.51. The molecule has 1 aliphatic rings. The van der Waals surface area contributed by atoms with Crippen LogP contribution >= 0.6 is 0 Å². The van der Waals surface area contributed by atoms with Crippen LogP contribution in [0.25, 0.3) is 0 Å². The lowest BCUT2D eigenvalue weighted by atomic mass is 10.3. The standard InChI is InChI=1S/C13H18N2O4S/c1-2-19-9-13(16)14-11-4-3-5-12(8-11)20(17,18)15-10-6-7-10/h3-5,8,10,15H,2,6-7,9H2,1H3,(H,14,16). The summed E-state index contributed by atoms with van der Waals surface area (Å²) in [7, 11) is -3.50. The van der Waals surface area contributed by atoms with Gasteiger partial charge in [0.2, 0.25) is 15.9 Å². The summed E-state index contributed by atoms with van der Waals surface area (Å²) in [4.78, 5) is 11.7. The minimum atomic E-state index is -3.50. The van der Waals surface area contributed by atoms with Gasteiger partial charge in [0, 0.05) is 18.3 Å². The van der Waals surface area contributed by atoms with Crippen LogP contribution < -0.4 is 10.0 Å². The molecule has 7 heteroatoms. The SMILES string of the molecule is CCOCC(=O)Nc1cccc(S(=O)(=O)NC2CC2)c1. The maximum atomic E-state index is 12.0. The molecule has 0 saturated heterocycles. The molecule has 0 spiro atoms. The zero-order valence-electron chi connectivity index (χ0n) is 11.3. The number of sulfonamides is 1. The predicted octanol–water partition coefficient (Wildman–Crippen LogP) is 1.10. The number of carbonyl (C=O) groups excluding carboxylic acids is 1. The van der Waals surface area contributed by atoms with Gasteiger partial charge in [-0.25, -0.2) is 13.1 Å². The molecular formula is C13H18N2O4S. The summed E-state index contributed by atoms with van der Waals surface area (Å²) in [6, 6.07) is 6.23. The Balaban J connectivity index is 2.05. The van der Waals surface area contributed by atoms with E-state index < -0.39 is 10.0 Å². The molecule has 0 radical (unpaired) electrons. The van der Waals surface area contributed by atoms with Gasteiger partial charge in [0.25, 0.3) is 0 Å². The van der Waals surface area contributed by atoms with E-state index in [1.807, 2.05) is 0 Å². The highest BCUT2D eigenvalue weighted by Crippen LogP contribution is 2.23. The highest BCUT2D eigenvalue weighted by Gasteiger charge is 2.28. The van der Waals surface area contributed by atoms with Gasteiger partial charge >= 0.3 is 0 Å². The van der Waals surface area contributed by atoms with Crippen molar-refractivity contribution >= 4 is 21.6 Å². The molecule has 0 aromatic heterocycles. The van der Waals surface area contributed by atoms with E-state index in [1.165, 1.54) is 12.1 Å². The summed E-state index contributed by atoms with van der Waals surface area (Å²) in [6.45, 7) is 2.20. The van der Waals surface area contributed by atoms with Crippen molar-refractivity contribution in [2.45, 2.75) is 30.7 Å². The number of hydrogen-bond acceptors (Lipinski definition) is 4. The molecule has 1 saturated carbocycles. The molecule has 0 heterocycles. The van der Waals surface area contributed by atoms with Crippen molar-refractivity contribution in [1.82, 2.24) is 4.72 Å². The molecule has 2 N–H and O–H groups in total. The van der Waals surface area contributed by atoms with Crippen molar-refractivity contribution in [3.05, 3.63) is 24.3 Å². The van der Waals surface area contributed by atoms with E-state index in [0.29, 0.717) is 12.3 Å². The van der Waals surface area contributed by atoms with Crippen LogP contribution in [0.15, 0.2) is 29.2 Å². The molecule has 0 aliphatic heterocycles. The summed E-state index contributed by atoms with van der Waals surface area (Å²) in [5.41, 5.74) is 0.438. The molecule has 0 bridgehead atoms. The van der Waals surface area contributed by atoms with Crippen LogP contribution in [-0.2, 0) is 19.6 Å². The monoisotopic (exact) mass is 298 g/mol. The van der Waals surface area contributed by atoms with Crippen LogP contribution in [0, 0.1) is 0 Å². The van der Waals surface area contributed by atoms with Crippen molar-refractivity contribution in [3.8, 4) is 0 Å². The second kappa shape index (κ2) is 6.34. The van der Waals surface area contributed by atoms with E-state index in [2.05, 4.69) is 10.0 Å². The highest BCUT2D eigenvalue weighted by atomic mass is 32.2. The van der Waals surface area contributed by atoms with Gasteiger partial charge in [0.15, 0.2) is 0 Å². The third kappa shape index (κ3) is 4.29. The number of anilines is 1. The Bertz CT molecular complexity index is 582. The van der Waals surface area contributed by atoms with Gasteiger partial charge in [-0.1, -0.05) is 6.07 Å². The summed E-state index contributed by atoms with van der Waals surface area (Å²) >= 11 is 0. The van der Waals surface area contributed by atoms with Gasteiger partial charge in [0.05, 0.1) is 4.90 Å². The lowest BCUT2D eigenvalue weighted by molar-refractivity contribution is -0.120. The summed E-state index contributed by atoms with van der Waals surface area (Å²) < 4.78 is 31.7. The number of ether oxygens (including phenoxy) is 1. The number of nitrogens with one attached hydrogen (secondary N) is 2. The third-order valence-electron chi connectivity index (χ3n) is 2.76. The average Bonchev–Trinajstić information content (AvgIpc) is 3.20. The molecule has 2 rings (SSSR count). The predicted molar refractivity (Wildman–Crippen MR) is 74.9 cm³/mol. The maximum Gasteiger partial charge on any atom is 0.250 e. The second-order valence-electron chi connectivity index (χ2n) is 4.61. The molecule has 1 aromatic carbocycles. The number of rotatable bonds is 7. The smallest absolute Gasteiger partial charge is 0.250 e. The van der Waals surface area contributed by atoms with E-state index in [1.54, 1.807) is 19.1 Å². The normalized spacial score (nSPS) is 15.1. The van der Waals surface area contributed by atoms with Gasteiger partial charge in [-0.3, -0.25) is 4.79 Å². The van der Waals surface area contributed by atoms with E-state index in [4.69, 9.17) is 4.74 Å². The lowest BCUT2D eigenvalue weighted by Gasteiger charge is -2.09. The number of carbonyl (C=O) groups is 1. The fraction of sp³-hybridized carbons (Fsp3) is 0.462. The van der Waals surface area contributed by atoms with Gasteiger partial charge in [-0.2, -0.15) is 0 Å². The summed E-state index contributed by atoms with van der Waals surface area (Å²) in [5, 5.41) is 2.60. The molecule has 1 aromatic rings. The van der Waals surface area contributed by atoms with E-state index in [0.717, 1.165) is 12.8 Å². The van der Waals surface area contributed by atoms with Crippen LogP contribution in [0.2, 0.25) is 0 Å². The first-order chi connectivity index (χ1) is 9.51. The zero-order chi connectivity index (χ0) is 14.6. The quantitative estimate of drug-likeness (QED) is 0.789. The maximum absolute atomic E-state index is 12.0. The van der Waals surface area contributed by atoms with Gasteiger partial charge in [-0.15, -0.1) is 0 Å². The van der Waals surface area contributed by atoms with Crippen molar-refractivity contribution in [1.29, 1.82) is 0 Å². The first-order valence-corrected chi connectivity index (χ1v) is 7.99. The molecule has 0 unspecified atom stereocenters. The molecule has 6 nitrogen and oxygen atoms in total. The van der Waals surface area contributed by atoms with Gasteiger partial charge < -0.3 is 10.1 Å². The lowest BCUT2D eigenvalue weighted by Crippen LogP contribution is -2.26. The van der Waals surface area contributed by atoms with Gasteiger partial charge in [-0.05, 0) is 38.0 Å². The Kier molecular flexibility index (Phi) is 4.74. The molecular weight excluding hydrogens is 280 g/mol. The van der Waals surface area contributed by atoms with Crippen molar-refractivity contribution in [2.24, 2.45) is 0 Å². The molecule has 1 amide bonds. The van der Waals surface area contributed by atoms with E-state index in [9.17, 15) is 13.2 Å². The minimum absolute atomic E-state index is 0.0478. The Morgan fingerprint density at radius 1 is 1.40 bits per heavy atom. The molecule has 1 aliphatic carbocycles. The first kappa shape index (κ1) is 15.0. The van der Waals surface area contributed by atoms with Crippen molar-refractivity contribution < 1.29 is 17.9 Å². The van der Waals surface area contributed by atoms with Crippen LogP contribution in [0.1, 0.15) is 19.8 Å². The van der Waals surface area contributed by atoms with Gasteiger partial charge in [0.1, 0.15) is 6.61 Å². The fourth-order valence-corrected chi connectivity index (χ4v) is 2.97. The molecule has 0 atom stereocenters. The van der Waals surface area contributed by atoms with Crippen molar-refractivity contribution in [2.75, 3.05) is 18.5 Å². The van der Waals surface area contributed by atoms with Crippen LogP contribution in [0.5, 0.6) is 0 Å². The zero-order valence-corrected chi connectivity index (χ0v) is 12.1. The molecule has 110 valence electrons. The van der Waals surface area contributed by atoms with Crippen LogP contribution in [-0.4, -0.2) is 33.6 Å². The highest BCUT2D eigenvalue weighted by molar-refractivity contribution is 7.89. The Morgan fingerprint density at radius 3 is 2.80 bits per heavy atom.